The van der Waals surface area contributed by atoms with Crippen molar-refractivity contribution in [3.8, 4) is 0 Å². The van der Waals surface area contributed by atoms with Crippen LogP contribution in [0.3, 0.4) is 0 Å². The summed E-state index contributed by atoms with van der Waals surface area (Å²) < 4.78 is 16.7. The van der Waals surface area contributed by atoms with E-state index in [0.29, 0.717) is 19.4 Å². The monoisotopic (exact) mass is 994 g/mol. The van der Waals surface area contributed by atoms with Crippen molar-refractivity contribution in [3.05, 3.63) is 24.3 Å². The van der Waals surface area contributed by atoms with E-state index in [1.165, 1.54) is 173 Å². The molecule has 0 aromatic rings. The molecule has 0 saturated carbocycles. The summed E-state index contributed by atoms with van der Waals surface area (Å²) in [6, 6.07) is -0.814. The molecular weight excluding hydrogens is 883 g/mol. The summed E-state index contributed by atoms with van der Waals surface area (Å²) in [5, 5.41) is 54.2. The highest BCUT2D eigenvalue weighted by Crippen LogP contribution is 2.23. The van der Waals surface area contributed by atoms with Crippen LogP contribution >= 0.6 is 0 Å². The second-order valence-electron chi connectivity index (χ2n) is 20.7. The van der Waals surface area contributed by atoms with Gasteiger partial charge in [-0.1, -0.05) is 231 Å². The molecular formula is C59H111NO10. The molecule has 70 heavy (non-hydrogen) atoms. The molecule has 0 bridgehead atoms. The van der Waals surface area contributed by atoms with Gasteiger partial charge < -0.3 is 45.1 Å². The second-order valence-corrected chi connectivity index (χ2v) is 20.7. The van der Waals surface area contributed by atoms with E-state index >= 15 is 0 Å². The van der Waals surface area contributed by atoms with Gasteiger partial charge in [-0.25, -0.2) is 0 Å². The van der Waals surface area contributed by atoms with Crippen molar-refractivity contribution < 1.29 is 49.3 Å². The predicted octanol–water partition coefficient (Wildman–Crippen LogP) is 13.3. The van der Waals surface area contributed by atoms with Gasteiger partial charge in [0.1, 0.15) is 24.4 Å². The molecule has 11 nitrogen and oxygen atoms in total. The van der Waals surface area contributed by atoms with Crippen molar-refractivity contribution in [1.29, 1.82) is 0 Å². The maximum absolute atomic E-state index is 13.0. The molecule has 0 aromatic heterocycles. The predicted molar refractivity (Wildman–Crippen MR) is 288 cm³/mol. The molecule has 7 unspecified atom stereocenters. The van der Waals surface area contributed by atoms with E-state index in [1.807, 2.05) is 6.08 Å². The van der Waals surface area contributed by atoms with Gasteiger partial charge in [0, 0.05) is 12.8 Å². The van der Waals surface area contributed by atoms with Crippen LogP contribution in [0.25, 0.3) is 0 Å². The number of nitrogens with one attached hydrogen (secondary N) is 1. The fourth-order valence-electron chi connectivity index (χ4n) is 9.31. The van der Waals surface area contributed by atoms with Gasteiger partial charge in [0.2, 0.25) is 5.91 Å². The maximum atomic E-state index is 13.0. The lowest BCUT2D eigenvalue weighted by atomic mass is 9.99. The molecule has 412 valence electrons. The van der Waals surface area contributed by atoms with Crippen LogP contribution in [-0.4, -0.2) is 100 Å². The number of carbonyl (C=O) groups is 2. The Kier molecular flexibility index (Phi) is 46.6. The van der Waals surface area contributed by atoms with Crippen LogP contribution in [0.2, 0.25) is 0 Å². The quantitative estimate of drug-likeness (QED) is 0.0195. The average Bonchev–Trinajstić information content (AvgIpc) is 3.36. The normalized spacial score (nSPS) is 19.3. The fourth-order valence-corrected chi connectivity index (χ4v) is 9.31. The van der Waals surface area contributed by atoms with Gasteiger partial charge in [-0.3, -0.25) is 9.59 Å². The summed E-state index contributed by atoms with van der Waals surface area (Å²) in [6.45, 7) is 4.31. The summed E-state index contributed by atoms with van der Waals surface area (Å²) in [4.78, 5) is 25.0. The fraction of sp³-hybridized carbons (Fsp3) is 0.898. The molecule has 0 aromatic carbocycles. The molecule has 1 rings (SSSR count). The highest BCUT2D eigenvalue weighted by atomic mass is 16.7. The number of carbonyl (C=O) groups excluding carboxylic acids is 2. The lowest BCUT2D eigenvalue weighted by Gasteiger charge is -2.40. The molecule has 0 aliphatic carbocycles. The third kappa shape index (κ3) is 38.7. The lowest BCUT2D eigenvalue weighted by molar-refractivity contribution is -0.302. The standard InChI is InChI=1S/C59H111NO10/c1-3-5-7-9-11-13-14-23-27-31-35-39-43-47-55(64)68-48-44-40-36-32-28-25-22-20-18-16-15-17-19-21-24-26-30-34-38-42-46-54(63)60-51(52(62)45-41-37-33-29-12-10-8-6-4-2)50-69-59-58(67)57(66)56(65)53(49-61)70-59/h15,17,41,45,51-53,56-59,61-62,65-67H,3-14,16,18-40,42-44,46-50H2,1-2H3,(H,60,63)/b17-15-,45-41+. The molecule has 0 spiro atoms. The Hall–Kier alpha value is -1.86. The highest BCUT2D eigenvalue weighted by Gasteiger charge is 2.44. The second kappa shape index (κ2) is 49.4. The van der Waals surface area contributed by atoms with E-state index in [0.717, 1.165) is 77.0 Å². The first-order chi connectivity index (χ1) is 34.2. The van der Waals surface area contributed by atoms with Crippen molar-refractivity contribution >= 4 is 11.9 Å². The topological polar surface area (TPSA) is 175 Å². The minimum Gasteiger partial charge on any atom is -0.466 e. The van der Waals surface area contributed by atoms with Gasteiger partial charge in [-0.15, -0.1) is 0 Å². The molecule has 1 saturated heterocycles. The number of amides is 1. The van der Waals surface area contributed by atoms with Crippen LogP contribution in [0.15, 0.2) is 24.3 Å². The van der Waals surface area contributed by atoms with E-state index < -0.39 is 49.5 Å². The Labute approximate surface area is 429 Å². The molecule has 1 fully saturated rings. The number of aliphatic hydroxyl groups excluding tert-OH is 5. The minimum atomic E-state index is -1.57. The van der Waals surface area contributed by atoms with Gasteiger partial charge in [-0.2, -0.15) is 0 Å². The van der Waals surface area contributed by atoms with E-state index in [4.69, 9.17) is 14.2 Å². The Morgan fingerprint density at radius 1 is 0.514 bits per heavy atom. The van der Waals surface area contributed by atoms with E-state index in [9.17, 15) is 35.1 Å². The van der Waals surface area contributed by atoms with Gasteiger partial charge >= 0.3 is 5.97 Å². The number of esters is 1. The number of rotatable bonds is 51. The van der Waals surface area contributed by atoms with Crippen LogP contribution in [0.4, 0.5) is 0 Å². The number of hydrogen-bond acceptors (Lipinski definition) is 10. The van der Waals surface area contributed by atoms with Crippen molar-refractivity contribution in [2.45, 2.75) is 320 Å². The van der Waals surface area contributed by atoms with E-state index in [2.05, 4.69) is 31.3 Å². The number of ether oxygens (including phenoxy) is 3. The first-order valence-electron chi connectivity index (χ1n) is 29.6. The van der Waals surface area contributed by atoms with Crippen LogP contribution in [0.5, 0.6) is 0 Å². The molecule has 1 heterocycles. The first kappa shape index (κ1) is 66.2. The summed E-state index contributed by atoms with van der Waals surface area (Å²) in [7, 11) is 0. The molecule has 0 radical (unpaired) electrons. The zero-order valence-electron chi connectivity index (χ0n) is 45.2. The minimum absolute atomic E-state index is 0.00631. The third-order valence-corrected chi connectivity index (χ3v) is 14.1. The van der Waals surface area contributed by atoms with E-state index in [-0.39, 0.29) is 18.5 Å². The molecule has 1 aliphatic heterocycles. The van der Waals surface area contributed by atoms with Crippen molar-refractivity contribution in [2.75, 3.05) is 19.8 Å². The van der Waals surface area contributed by atoms with Crippen LogP contribution < -0.4 is 5.32 Å². The van der Waals surface area contributed by atoms with Gasteiger partial charge in [0.05, 0.1) is 32.0 Å². The Balaban J connectivity index is 2.03. The Morgan fingerprint density at radius 3 is 1.37 bits per heavy atom. The third-order valence-electron chi connectivity index (χ3n) is 14.1. The molecule has 6 N–H and O–H groups in total. The summed E-state index contributed by atoms with van der Waals surface area (Å²) >= 11 is 0. The maximum Gasteiger partial charge on any atom is 0.305 e. The lowest BCUT2D eigenvalue weighted by Crippen LogP contribution is -2.60. The highest BCUT2D eigenvalue weighted by molar-refractivity contribution is 5.76. The average molecular weight is 995 g/mol. The number of aliphatic hydroxyl groups is 5. The van der Waals surface area contributed by atoms with Gasteiger partial charge in [0.25, 0.3) is 0 Å². The molecule has 1 aliphatic rings. The zero-order chi connectivity index (χ0) is 51.0. The Bertz CT molecular complexity index is 1220. The smallest absolute Gasteiger partial charge is 0.305 e. The molecule has 11 heteroatoms. The largest absolute Gasteiger partial charge is 0.466 e. The van der Waals surface area contributed by atoms with Crippen LogP contribution in [-0.2, 0) is 23.8 Å². The zero-order valence-corrected chi connectivity index (χ0v) is 45.2. The number of hydrogen-bond donors (Lipinski definition) is 6. The Morgan fingerprint density at radius 2 is 0.914 bits per heavy atom. The van der Waals surface area contributed by atoms with Gasteiger partial charge in [-0.05, 0) is 57.8 Å². The van der Waals surface area contributed by atoms with Crippen molar-refractivity contribution in [1.82, 2.24) is 5.32 Å². The summed E-state index contributed by atoms with van der Waals surface area (Å²) in [5.41, 5.74) is 0. The van der Waals surface area contributed by atoms with Gasteiger partial charge in [0.15, 0.2) is 6.29 Å². The summed E-state index contributed by atoms with van der Waals surface area (Å²) in [6.07, 6.45) is 48.5. The SMILES string of the molecule is CCCCCCCCC/C=C/C(O)C(COC1OC(CO)C(O)C(O)C1O)NC(=O)CCCCCCCCC/C=C\CCCCCCCCCCCOC(=O)CCCCCCCCCCCCCCC. The van der Waals surface area contributed by atoms with Crippen molar-refractivity contribution in [3.63, 3.8) is 0 Å². The first-order valence-corrected chi connectivity index (χ1v) is 29.6. The molecule has 1 amide bonds. The van der Waals surface area contributed by atoms with Crippen LogP contribution in [0.1, 0.15) is 277 Å². The summed E-state index contributed by atoms with van der Waals surface area (Å²) in [5.74, 6) is -0.198. The van der Waals surface area contributed by atoms with Crippen molar-refractivity contribution in [2.24, 2.45) is 0 Å². The van der Waals surface area contributed by atoms with Crippen LogP contribution in [0, 0.1) is 0 Å². The number of allylic oxidation sites excluding steroid dienone is 3. The number of unbranched alkanes of at least 4 members (excludes halogenated alkanes) is 35. The van der Waals surface area contributed by atoms with E-state index in [1.54, 1.807) is 6.08 Å². The molecule has 7 atom stereocenters.